The molecule has 3 aromatic rings. The van der Waals surface area contributed by atoms with Gasteiger partial charge in [0.1, 0.15) is 15.9 Å². The third kappa shape index (κ3) is 8.17. The lowest BCUT2D eigenvalue weighted by Gasteiger charge is -2.36. The molecule has 1 N–H and O–H groups in total. The third-order valence-corrected chi connectivity index (χ3v) is 15.4. The van der Waals surface area contributed by atoms with Gasteiger partial charge >= 0.3 is 17.8 Å². The summed E-state index contributed by atoms with van der Waals surface area (Å²) in [7, 11) is -5.56. The number of anilines is 2. The first-order valence-corrected chi connectivity index (χ1v) is 20.4. The second kappa shape index (κ2) is 14.0. The summed E-state index contributed by atoms with van der Waals surface area (Å²) in [6.45, 7) is 12.0. The molecule has 0 fully saturated rings. The fourth-order valence-corrected chi connectivity index (χ4v) is 7.77. The molecule has 0 spiro atoms. The number of hydrogen-bond acceptors (Lipinski definition) is 8. The van der Waals surface area contributed by atoms with E-state index in [2.05, 4.69) is 39.0 Å². The highest BCUT2D eigenvalue weighted by Gasteiger charge is 2.41. The number of sulfone groups is 1. The Morgan fingerprint density at radius 2 is 1.71 bits per heavy atom. The summed E-state index contributed by atoms with van der Waals surface area (Å²) in [6, 6.07) is 10.8. The summed E-state index contributed by atoms with van der Waals surface area (Å²) >= 11 is 0. The number of benzene rings is 2. The molecule has 49 heavy (non-hydrogen) atoms. The van der Waals surface area contributed by atoms with Crippen LogP contribution in [-0.4, -0.2) is 60.3 Å². The Balaban J connectivity index is 1.69. The van der Waals surface area contributed by atoms with Gasteiger partial charge < -0.3 is 9.53 Å². The van der Waals surface area contributed by atoms with E-state index in [-0.39, 0.29) is 52.4 Å². The van der Waals surface area contributed by atoms with Crippen LogP contribution in [0, 0.1) is 11.3 Å². The summed E-state index contributed by atoms with van der Waals surface area (Å²) in [5.41, 5.74) is -1.51. The predicted molar refractivity (Wildman–Crippen MR) is 181 cm³/mol. The number of hydrogen-bond donors (Lipinski definition) is 1. The number of nitrogens with zero attached hydrogens (tertiary/aromatic N) is 5. The number of fused-ring (bicyclic) bond motifs is 1. The van der Waals surface area contributed by atoms with Gasteiger partial charge in [-0.25, -0.2) is 27.3 Å². The van der Waals surface area contributed by atoms with Gasteiger partial charge in [-0.15, -0.1) is 5.10 Å². The van der Waals surface area contributed by atoms with Crippen LogP contribution in [0.3, 0.4) is 0 Å². The Morgan fingerprint density at radius 1 is 1.08 bits per heavy atom. The number of allylic oxidation sites excluding steroid dienone is 1. The second-order valence-corrected chi connectivity index (χ2v) is 20.6. The van der Waals surface area contributed by atoms with Crippen molar-refractivity contribution in [1.82, 2.24) is 14.3 Å². The Kier molecular flexibility index (Phi) is 10.7. The van der Waals surface area contributed by atoms with Crippen LogP contribution in [0.25, 0.3) is 0 Å². The number of carboxylic acid groups (broad SMARTS) is 1. The fourth-order valence-electron chi connectivity index (χ4n) is 5.35. The molecule has 2 aromatic carbocycles. The number of nitriles is 1. The van der Waals surface area contributed by atoms with E-state index < -0.39 is 47.6 Å². The van der Waals surface area contributed by atoms with Crippen LogP contribution in [0.1, 0.15) is 63.3 Å². The first kappa shape index (κ1) is 37.6. The summed E-state index contributed by atoms with van der Waals surface area (Å²) in [5.74, 6) is -1.93. The van der Waals surface area contributed by atoms with Crippen molar-refractivity contribution in [2.45, 2.75) is 77.4 Å². The lowest BCUT2D eigenvalue weighted by molar-refractivity contribution is -0.137. The molecular formula is C33H40F3N5O6SSi. The molecule has 0 aliphatic carbocycles. The van der Waals surface area contributed by atoms with E-state index in [0.717, 1.165) is 21.4 Å². The standard InChI is InChI=1S/C33H40F3N5O6SSi/c1-22-27(29(42)43)28(24-14-12-23(21-37)13-15-24)41-30(40(22)26-11-7-10-25(20-26)33(34,35)36)38-39(31(41)44)16-8-18-48(45,46)19-9-17-47-49(5,6)32(2,3)4/h7,10-15,20,28H,8-9,16-19H2,1-6H3,(H,42,43)/t28-/m1/s1. The van der Waals surface area contributed by atoms with Crippen molar-refractivity contribution < 1.29 is 35.9 Å². The minimum Gasteiger partial charge on any atom is -0.478 e. The number of aryl methyl sites for hydroxylation is 1. The Hall–Kier alpha value is -4.20. The average Bonchev–Trinajstić information content (AvgIpc) is 3.32. The van der Waals surface area contributed by atoms with Crippen molar-refractivity contribution in [3.63, 3.8) is 0 Å². The molecule has 0 saturated heterocycles. The largest absolute Gasteiger partial charge is 0.478 e. The van der Waals surface area contributed by atoms with E-state index in [1.54, 1.807) is 0 Å². The van der Waals surface area contributed by atoms with Crippen LogP contribution >= 0.6 is 0 Å². The number of halogens is 3. The van der Waals surface area contributed by atoms with Crippen LogP contribution in [-0.2, 0) is 31.8 Å². The van der Waals surface area contributed by atoms with Gasteiger partial charge in [0, 0.05) is 24.5 Å². The highest BCUT2D eigenvalue weighted by molar-refractivity contribution is 7.91. The molecule has 1 aliphatic rings. The fraction of sp³-hybridized carbons (Fsp3) is 0.455. The maximum Gasteiger partial charge on any atom is 0.416 e. The van der Waals surface area contributed by atoms with Gasteiger partial charge in [0.25, 0.3) is 0 Å². The molecule has 2 heterocycles. The number of alkyl halides is 3. The van der Waals surface area contributed by atoms with Crippen LogP contribution in [0.15, 0.2) is 64.6 Å². The van der Waals surface area contributed by atoms with E-state index in [0.29, 0.717) is 24.2 Å². The van der Waals surface area contributed by atoms with E-state index in [1.807, 2.05) is 6.07 Å². The van der Waals surface area contributed by atoms with Crippen LogP contribution in [0.2, 0.25) is 18.1 Å². The van der Waals surface area contributed by atoms with Crippen molar-refractivity contribution in [2.24, 2.45) is 0 Å². The maximum atomic E-state index is 14.0. The Bertz CT molecular complexity index is 1960. The lowest BCUT2D eigenvalue weighted by atomic mass is 9.94. The predicted octanol–water partition coefficient (Wildman–Crippen LogP) is 6.25. The van der Waals surface area contributed by atoms with Crippen molar-refractivity contribution in [2.75, 3.05) is 23.0 Å². The van der Waals surface area contributed by atoms with Crippen molar-refractivity contribution in [3.05, 3.63) is 87.0 Å². The molecule has 0 amide bonds. The van der Waals surface area contributed by atoms with Gasteiger partial charge in [-0.1, -0.05) is 39.0 Å². The molecule has 1 atom stereocenters. The van der Waals surface area contributed by atoms with Crippen molar-refractivity contribution >= 4 is 35.8 Å². The zero-order valence-corrected chi connectivity index (χ0v) is 30.0. The van der Waals surface area contributed by atoms with Gasteiger partial charge in [0.05, 0.1) is 34.3 Å². The highest BCUT2D eigenvalue weighted by Crippen LogP contribution is 2.43. The van der Waals surface area contributed by atoms with Crippen molar-refractivity contribution in [1.29, 1.82) is 5.26 Å². The molecule has 1 aromatic heterocycles. The minimum absolute atomic E-state index is 0.00503. The van der Waals surface area contributed by atoms with Crippen LogP contribution in [0.4, 0.5) is 24.8 Å². The van der Waals surface area contributed by atoms with Gasteiger partial charge in [-0.05, 0) is 73.8 Å². The molecule has 264 valence electrons. The molecule has 0 saturated carbocycles. The number of rotatable bonds is 12. The molecule has 1 aliphatic heterocycles. The first-order valence-electron chi connectivity index (χ1n) is 15.6. The summed E-state index contributed by atoms with van der Waals surface area (Å²) in [6.07, 6.45) is -4.38. The van der Waals surface area contributed by atoms with Gasteiger partial charge in [-0.3, -0.25) is 4.90 Å². The summed E-state index contributed by atoms with van der Waals surface area (Å²) in [5, 5.41) is 24.1. The van der Waals surface area contributed by atoms with E-state index in [9.17, 15) is 41.5 Å². The zero-order chi connectivity index (χ0) is 36.5. The molecular weight excluding hydrogens is 680 g/mol. The first-order chi connectivity index (χ1) is 22.7. The van der Waals surface area contributed by atoms with E-state index >= 15 is 0 Å². The van der Waals surface area contributed by atoms with Crippen LogP contribution in [0.5, 0.6) is 0 Å². The molecule has 16 heteroatoms. The van der Waals surface area contributed by atoms with Gasteiger partial charge in [0.2, 0.25) is 5.95 Å². The average molecular weight is 720 g/mol. The minimum atomic E-state index is -4.70. The number of carbonyl (C=O) groups is 1. The quantitative estimate of drug-likeness (QED) is 0.169. The van der Waals surface area contributed by atoms with Gasteiger partial charge in [-0.2, -0.15) is 18.4 Å². The molecule has 4 rings (SSSR count). The highest BCUT2D eigenvalue weighted by atomic mass is 32.2. The Morgan fingerprint density at radius 3 is 2.29 bits per heavy atom. The maximum absolute atomic E-state index is 14.0. The summed E-state index contributed by atoms with van der Waals surface area (Å²) < 4.78 is 75.0. The monoisotopic (exact) mass is 719 g/mol. The van der Waals surface area contributed by atoms with Crippen molar-refractivity contribution in [3.8, 4) is 6.07 Å². The van der Waals surface area contributed by atoms with E-state index in [4.69, 9.17) is 4.43 Å². The second-order valence-electron chi connectivity index (χ2n) is 13.5. The van der Waals surface area contributed by atoms with Gasteiger partial charge in [0.15, 0.2) is 8.32 Å². The normalized spacial score (nSPS) is 15.7. The molecule has 0 bridgehead atoms. The number of carboxylic acids is 1. The van der Waals surface area contributed by atoms with Crippen LogP contribution < -0.4 is 10.6 Å². The summed E-state index contributed by atoms with van der Waals surface area (Å²) in [4.78, 5) is 27.9. The number of aliphatic carboxylic acids is 1. The topological polar surface area (TPSA) is 148 Å². The lowest BCUT2D eigenvalue weighted by Crippen LogP contribution is -2.41. The smallest absolute Gasteiger partial charge is 0.416 e. The number of aromatic nitrogens is 3. The third-order valence-electron chi connectivity index (χ3n) is 9.02. The zero-order valence-electron chi connectivity index (χ0n) is 28.2. The Labute approximate surface area is 284 Å². The molecule has 0 unspecified atom stereocenters. The molecule has 0 radical (unpaired) electrons. The van der Waals surface area contributed by atoms with E-state index in [1.165, 1.54) is 48.2 Å². The molecule has 11 nitrogen and oxygen atoms in total. The SMILES string of the molecule is CC1=C(C(=O)O)[C@@H](c2ccc(C#N)cc2)n2c(nn(CCCS(=O)(=O)CCCO[Si](C)(C)C(C)(C)C)c2=O)N1c1cccc(C(F)(F)F)c1.